The molecule has 2 aromatic carbocycles. The first-order valence-electron chi connectivity index (χ1n) is 5.22. The monoisotopic (exact) mass is 299 g/mol. The molecule has 98 valence electrons. The summed E-state index contributed by atoms with van der Waals surface area (Å²) in [5.41, 5.74) is 0.350. The molecule has 0 unspecified atom stereocenters. The standard InChI is InChI=1S/C13H8ClF2NOS/c14-9-3-2-8(15)6-11(9)17-13(18)7-1-4-10(16)12(19)5-7/h1-6,19H,(H,17,18). The number of nitrogens with one attached hydrogen (secondary N) is 1. The lowest BCUT2D eigenvalue weighted by molar-refractivity contribution is 0.102. The van der Waals surface area contributed by atoms with Gasteiger partial charge in [-0.25, -0.2) is 8.78 Å². The van der Waals surface area contributed by atoms with E-state index in [-0.39, 0.29) is 21.2 Å². The molecular formula is C13H8ClF2NOS. The fourth-order valence-corrected chi connectivity index (χ4v) is 1.82. The summed E-state index contributed by atoms with van der Waals surface area (Å²) in [6.07, 6.45) is 0. The van der Waals surface area contributed by atoms with E-state index >= 15 is 0 Å². The maximum absolute atomic E-state index is 13.0. The fourth-order valence-electron chi connectivity index (χ4n) is 1.44. The number of hydrogen-bond donors (Lipinski definition) is 2. The molecule has 2 rings (SSSR count). The van der Waals surface area contributed by atoms with E-state index in [1.54, 1.807) is 0 Å². The number of hydrogen-bond acceptors (Lipinski definition) is 2. The Bertz CT molecular complexity index is 649. The van der Waals surface area contributed by atoms with Gasteiger partial charge in [0.05, 0.1) is 10.7 Å². The Hall–Kier alpha value is -1.59. The van der Waals surface area contributed by atoms with Gasteiger partial charge in [-0.1, -0.05) is 11.6 Å². The van der Waals surface area contributed by atoms with Crippen molar-refractivity contribution < 1.29 is 13.6 Å². The Morgan fingerprint density at radius 3 is 2.58 bits per heavy atom. The van der Waals surface area contributed by atoms with E-state index in [9.17, 15) is 13.6 Å². The molecule has 2 nitrogen and oxygen atoms in total. The van der Waals surface area contributed by atoms with Crippen LogP contribution in [0.3, 0.4) is 0 Å². The zero-order valence-electron chi connectivity index (χ0n) is 9.45. The lowest BCUT2D eigenvalue weighted by atomic mass is 10.2. The fraction of sp³-hybridized carbons (Fsp3) is 0. The topological polar surface area (TPSA) is 29.1 Å². The molecule has 0 aromatic heterocycles. The van der Waals surface area contributed by atoms with Gasteiger partial charge in [-0.15, -0.1) is 12.6 Å². The minimum atomic E-state index is -0.525. The first-order valence-corrected chi connectivity index (χ1v) is 6.05. The minimum Gasteiger partial charge on any atom is -0.321 e. The molecule has 2 aromatic rings. The highest BCUT2D eigenvalue weighted by molar-refractivity contribution is 7.80. The zero-order valence-corrected chi connectivity index (χ0v) is 11.1. The van der Waals surface area contributed by atoms with Gasteiger partial charge in [0, 0.05) is 10.5 Å². The van der Waals surface area contributed by atoms with Gasteiger partial charge in [-0.2, -0.15) is 0 Å². The Morgan fingerprint density at radius 2 is 1.89 bits per heavy atom. The van der Waals surface area contributed by atoms with Crippen molar-refractivity contribution in [2.75, 3.05) is 5.32 Å². The molecule has 0 saturated heterocycles. The van der Waals surface area contributed by atoms with E-state index in [4.69, 9.17) is 11.6 Å². The maximum Gasteiger partial charge on any atom is 0.255 e. The van der Waals surface area contributed by atoms with Crippen LogP contribution in [0.5, 0.6) is 0 Å². The van der Waals surface area contributed by atoms with E-state index in [1.807, 2.05) is 0 Å². The van der Waals surface area contributed by atoms with Crippen molar-refractivity contribution in [3.63, 3.8) is 0 Å². The molecule has 0 fully saturated rings. The molecule has 0 bridgehead atoms. The van der Waals surface area contributed by atoms with Crippen LogP contribution in [0.1, 0.15) is 10.4 Å². The Labute approximate surface area is 118 Å². The third-order valence-corrected chi connectivity index (χ3v) is 3.06. The van der Waals surface area contributed by atoms with Gasteiger partial charge in [0.2, 0.25) is 0 Å². The van der Waals surface area contributed by atoms with Crippen LogP contribution in [0.15, 0.2) is 41.3 Å². The summed E-state index contributed by atoms with van der Waals surface area (Å²) in [5, 5.41) is 2.66. The van der Waals surface area contributed by atoms with Crippen LogP contribution in [0.4, 0.5) is 14.5 Å². The molecule has 0 saturated carbocycles. The molecule has 1 N–H and O–H groups in total. The summed E-state index contributed by atoms with van der Waals surface area (Å²) < 4.78 is 26.1. The second kappa shape index (κ2) is 5.59. The summed E-state index contributed by atoms with van der Waals surface area (Å²) in [6, 6.07) is 7.33. The lowest BCUT2D eigenvalue weighted by Gasteiger charge is -2.08. The molecule has 0 aliphatic carbocycles. The van der Waals surface area contributed by atoms with Gasteiger partial charge in [-0.3, -0.25) is 4.79 Å². The van der Waals surface area contributed by atoms with Crippen LogP contribution in [0, 0.1) is 11.6 Å². The number of rotatable bonds is 2. The van der Waals surface area contributed by atoms with Crippen molar-refractivity contribution in [1.29, 1.82) is 0 Å². The molecule has 0 spiro atoms. The molecule has 1 amide bonds. The predicted molar refractivity (Wildman–Crippen MR) is 73.0 cm³/mol. The second-order valence-electron chi connectivity index (χ2n) is 3.74. The summed E-state index contributed by atoms with van der Waals surface area (Å²) in [6.45, 7) is 0. The number of thiol groups is 1. The smallest absolute Gasteiger partial charge is 0.255 e. The van der Waals surface area contributed by atoms with Crippen molar-refractivity contribution in [2.45, 2.75) is 4.90 Å². The highest BCUT2D eigenvalue weighted by Crippen LogP contribution is 2.23. The highest BCUT2D eigenvalue weighted by Gasteiger charge is 2.11. The number of anilines is 1. The number of carbonyl (C=O) groups excluding carboxylic acids is 1. The first kappa shape index (κ1) is 13.8. The molecule has 0 atom stereocenters. The third-order valence-electron chi connectivity index (χ3n) is 2.38. The molecule has 6 heteroatoms. The van der Waals surface area contributed by atoms with Crippen molar-refractivity contribution >= 4 is 35.8 Å². The number of halogens is 3. The molecule has 0 heterocycles. The summed E-state index contributed by atoms with van der Waals surface area (Å²) in [4.78, 5) is 11.9. The molecule has 0 aliphatic rings. The van der Waals surface area contributed by atoms with Gasteiger partial charge in [0.25, 0.3) is 5.91 Å². The maximum atomic E-state index is 13.0. The Morgan fingerprint density at radius 1 is 1.16 bits per heavy atom. The number of benzene rings is 2. The largest absolute Gasteiger partial charge is 0.321 e. The molecule has 0 aliphatic heterocycles. The van der Waals surface area contributed by atoms with Crippen LogP contribution >= 0.6 is 24.2 Å². The quantitative estimate of drug-likeness (QED) is 0.801. The highest BCUT2D eigenvalue weighted by atomic mass is 35.5. The van der Waals surface area contributed by atoms with Crippen molar-refractivity contribution in [3.05, 3.63) is 58.6 Å². The van der Waals surface area contributed by atoms with E-state index in [0.717, 1.165) is 12.1 Å². The average Bonchev–Trinajstić information content (AvgIpc) is 2.37. The van der Waals surface area contributed by atoms with Crippen LogP contribution in [-0.4, -0.2) is 5.91 Å². The SMILES string of the molecule is O=C(Nc1cc(F)ccc1Cl)c1ccc(F)c(S)c1. The molecular weight excluding hydrogens is 292 g/mol. The summed E-state index contributed by atoms with van der Waals surface area (Å²) in [5.74, 6) is -1.57. The van der Waals surface area contributed by atoms with E-state index in [2.05, 4.69) is 17.9 Å². The number of carbonyl (C=O) groups is 1. The van der Waals surface area contributed by atoms with Crippen molar-refractivity contribution in [2.24, 2.45) is 0 Å². The van der Waals surface area contributed by atoms with Crippen LogP contribution in [0.25, 0.3) is 0 Å². The molecule has 19 heavy (non-hydrogen) atoms. The molecule has 0 radical (unpaired) electrons. The Balaban J connectivity index is 2.25. The van der Waals surface area contributed by atoms with E-state index in [1.165, 1.54) is 24.3 Å². The van der Waals surface area contributed by atoms with Gasteiger partial charge >= 0.3 is 0 Å². The number of amides is 1. The zero-order chi connectivity index (χ0) is 14.0. The average molecular weight is 300 g/mol. The summed E-state index contributed by atoms with van der Waals surface area (Å²) >= 11 is 9.71. The first-order chi connectivity index (χ1) is 8.97. The van der Waals surface area contributed by atoms with Gasteiger partial charge in [-0.05, 0) is 36.4 Å². The van der Waals surface area contributed by atoms with Gasteiger partial charge in [0.15, 0.2) is 0 Å². The van der Waals surface area contributed by atoms with Crippen molar-refractivity contribution in [3.8, 4) is 0 Å². The van der Waals surface area contributed by atoms with E-state index < -0.39 is 17.5 Å². The Kier molecular flexibility index (Phi) is 4.07. The van der Waals surface area contributed by atoms with E-state index in [0.29, 0.717) is 0 Å². The van der Waals surface area contributed by atoms with Gasteiger partial charge < -0.3 is 5.32 Å². The minimum absolute atomic E-state index is 0.0537. The van der Waals surface area contributed by atoms with Crippen LogP contribution < -0.4 is 5.32 Å². The van der Waals surface area contributed by atoms with Crippen LogP contribution in [-0.2, 0) is 0 Å². The normalized spacial score (nSPS) is 10.3. The summed E-state index contributed by atoms with van der Waals surface area (Å²) in [7, 11) is 0. The van der Waals surface area contributed by atoms with Crippen molar-refractivity contribution in [1.82, 2.24) is 0 Å². The second-order valence-corrected chi connectivity index (χ2v) is 4.63. The predicted octanol–water partition coefficient (Wildman–Crippen LogP) is 4.16. The lowest BCUT2D eigenvalue weighted by Crippen LogP contribution is -2.12. The van der Waals surface area contributed by atoms with Gasteiger partial charge in [0.1, 0.15) is 11.6 Å². The third kappa shape index (κ3) is 3.24. The van der Waals surface area contributed by atoms with Crippen LogP contribution in [0.2, 0.25) is 5.02 Å².